The molecule has 0 bridgehead atoms. The number of carbonyl (C=O) groups is 2. The molecule has 0 spiro atoms. The summed E-state index contributed by atoms with van der Waals surface area (Å²) in [4.78, 5) is 32.6. The summed E-state index contributed by atoms with van der Waals surface area (Å²) in [7, 11) is 0. The van der Waals surface area contributed by atoms with Gasteiger partial charge in [0.05, 0.1) is 18.8 Å². The molecule has 1 N–H and O–H groups in total. The van der Waals surface area contributed by atoms with Crippen molar-refractivity contribution in [1.29, 1.82) is 0 Å². The van der Waals surface area contributed by atoms with Gasteiger partial charge >= 0.3 is 0 Å². The van der Waals surface area contributed by atoms with Crippen LogP contribution in [0, 0.1) is 6.92 Å². The second-order valence-corrected chi connectivity index (χ2v) is 7.91. The molecule has 2 aliphatic rings. The highest BCUT2D eigenvalue weighted by Gasteiger charge is 2.26. The molecule has 160 valence electrons. The van der Waals surface area contributed by atoms with Crippen molar-refractivity contribution in [2.45, 2.75) is 38.6 Å². The molecule has 2 amide bonds. The van der Waals surface area contributed by atoms with Gasteiger partial charge in [-0.1, -0.05) is 18.2 Å². The van der Waals surface area contributed by atoms with Gasteiger partial charge in [0.15, 0.2) is 0 Å². The molecule has 3 heterocycles. The SMILES string of the molecule is Cc1ccccc1C(=O)Nc1ccnn1C1CCN(C(=O)CCN2CCCO2)CC1. The van der Waals surface area contributed by atoms with Crippen LogP contribution >= 0.6 is 0 Å². The molecular formula is C22H29N5O3. The third-order valence-electron chi connectivity index (χ3n) is 5.87. The Morgan fingerprint density at radius 2 is 1.97 bits per heavy atom. The molecule has 2 aliphatic heterocycles. The lowest BCUT2D eigenvalue weighted by Crippen LogP contribution is -2.40. The topological polar surface area (TPSA) is 79.7 Å². The number of rotatable bonds is 6. The summed E-state index contributed by atoms with van der Waals surface area (Å²) in [5, 5.41) is 9.32. The fraction of sp³-hybridized carbons (Fsp3) is 0.500. The molecule has 8 heteroatoms. The molecule has 1 aromatic heterocycles. The smallest absolute Gasteiger partial charge is 0.257 e. The van der Waals surface area contributed by atoms with Crippen LogP contribution in [0.3, 0.4) is 0 Å². The number of hydrogen-bond donors (Lipinski definition) is 1. The molecule has 0 radical (unpaired) electrons. The van der Waals surface area contributed by atoms with Crippen LogP contribution in [0.2, 0.25) is 0 Å². The van der Waals surface area contributed by atoms with E-state index in [0.29, 0.717) is 37.4 Å². The van der Waals surface area contributed by atoms with Crippen molar-refractivity contribution in [3.63, 3.8) is 0 Å². The van der Waals surface area contributed by atoms with Gasteiger partial charge in [-0.25, -0.2) is 4.68 Å². The van der Waals surface area contributed by atoms with Gasteiger partial charge < -0.3 is 10.2 Å². The van der Waals surface area contributed by atoms with Crippen molar-refractivity contribution in [1.82, 2.24) is 19.7 Å². The van der Waals surface area contributed by atoms with Gasteiger partial charge in [0, 0.05) is 44.2 Å². The number of nitrogens with zero attached hydrogens (tertiary/aromatic N) is 4. The summed E-state index contributed by atoms with van der Waals surface area (Å²) in [6.07, 6.45) is 4.87. The van der Waals surface area contributed by atoms with Crippen LogP contribution in [0.1, 0.15) is 47.6 Å². The zero-order chi connectivity index (χ0) is 20.9. The summed E-state index contributed by atoms with van der Waals surface area (Å²) in [6, 6.07) is 9.52. The van der Waals surface area contributed by atoms with E-state index in [2.05, 4.69) is 10.4 Å². The maximum atomic E-state index is 12.7. The van der Waals surface area contributed by atoms with Crippen molar-refractivity contribution in [2.24, 2.45) is 0 Å². The number of hydrogen-bond acceptors (Lipinski definition) is 5. The van der Waals surface area contributed by atoms with Crippen LogP contribution in [0.15, 0.2) is 36.5 Å². The predicted molar refractivity (Wildman–Crippen MR) is 113 cm³/mol. The molecule has 0 unspecified atom stereocenters. The van der Waals surface area contributed by atoms with Crippen molar-refractivity contribution >= 4 is 17.6 Å². The molecule has 2 saturated heterocycles. The van der Waals surface area contributed by atoms with Crippen molar-refractivity contribution < 1.29 is 14.4 Å². The Morgan fingerprint density at radius 1 is 1.17 bits per heavy atom. The number of benzene rings is 1. The van der Waals surface area contributed by atoms with Gasteiger partial charge in [0.2, 0.25) is 5.91 Å². The number of likely N-dealkylation sites (tertiary alicyclic amines) is 1. The molecule has 8 nitrogen and oxygen atoms in total. The van der Waals surface area contributed by atoms with Crippen LogP contribution in [0.25, 0.3) is 0 Å². The summed E-state index contributed by atoms with van der Waals surface area (Å²) in [5.41, 5.74) is 1.60. The number of hydroxylamine groups is 2. The second kappa shape index (κ2) is 9.40. The highest BCUT2D eigenvalue weighted by atomic mass is 16.7. The fourth-order valence-electron chi connectivity index (χ4n) is 4.13. The first-order chi connectivity index (χ1) is 14.6. The van der Waals surface area contributed by atoms with E-state index in [9.17, 15) is 9.59 Å². The Hall–Kier alpha value is -2.71. The molecule has 4 rings (SSSR count). The normalized spacial score (nSPS) is 18.0. The van der Waals surface area contributed by atoms with E-state index in [1.165, 1.54) is 0 Å². The minimum Gasteiger partial charge on any atom is -0.342 e. The molecule has 30 heavy (non-hydrogen) atoms. The van der Waals surface area contributed by atoms with E-state index >= 15 is 0 Å². The van der Waals surface area contributed by atoms with Gasteiger partial charge in [0.1, 0.15) is 5.82 Å². The lowest BCUT2D eigenvalue weighted by Gasteiger charge is -2.33. The highest BCUT2D eigenvalue weighted by molar-refractivity contribution is 6.04. The third-order valence-corrected chi connectivity index (χ3v) is 5.87. The first kappa shape index (κ1) is 20.6. The number of aromatic nitrogens is 2. The summed E-state index contributed by atoms with van der Waals surface area (Å²) in [5.74, 6) is 0.739. The summed E-state index contributed by atoms with van der Waals surface area (Å²) < 4.78 is 1.88. The summed E-state index contributed by atoms with van der Waals surface area (Å²) >= 11 is 0. The molecular weight excluding hydrogens is 382 g/mol. The van der Waals surface area contributed by atoms with Crippen molar-refractivity contribution in [3.05, 3.63) is 47.7 Å². The van der Waals surface area contributed by atoms with E-state index in [1.54, 1.807) is 6.20 Å². The second-order valence-electron chi connectivity index (χ2n) is 7.91. The number of nitrogens with one attached hydrogen (secondary N) is 1. The standard InChI is InChI=1S/C22H29N5O3/c1-17-5-2-3-6-19(17)22(29)24-20-7-11-23-27(20)18-8-13-25(14-9-18)21(28)10-15-26-12-4-16-30-26/h2-3,5-7,11,18H,4,8-10,12-16H2,1H3,(H,24,29). The lowest BCUT2D eigenvalue weighted by atomic mass is 10.0. The fourth-order valence-corrected chi connectivity index (χ4v) is 4.13. The van der Waals surface area contributed by atoms with Crippen LogP contribution in [-0.2, 0) is 9.63 Å². The van der Waals surface area contributed by atoms with Crippen LogP contribution in [0.4, 0.5) is 5.82 Å². The highest BCUT2D eigenvalue weighted by Crippen LogP contribution is 2.26. The van der Waals surface area contributed by atoms with Gasteiger partial charge in [-0.15, -0.1) is 0 Å². The number of aryl methyl sites for hydroxylation is 1. The van der Waals surface area contributed by atoms with E-state index < -0.39 is 0 Å². The lowest BCUT2D eigenvalue weighted by molar-refractivity contribution is -0.139. The predicted octanol–water partition coefficient (Wildman–Crippen LogP) is 2.63. The minimum atomic E-state index is -0.133. The Kier molecular flexibility index (Phi) is 6.44. The average Bonchev–Trinajstić information content (AvgIpc) is 3.44. The monoisotopic (exact) mass is 411 g/mol. The van der Waals surface area contributed by atoms with E-state index in [4.69, 9.17) is 4.84 Å². The maximum Gasteiger partial charge on any atom is 0.257 e. The zero-order valence-corrected chi connectivity index (χ0v) is 17.4. The Labute approximate surface area is 176 Å². The zero-order valence-electron chi connectivity index (χ0n) is 17.4. The molecule has 0 aliphatic carbocycles. The molecule has 2 aromatic rings. The van der Waals surface area contributed by atoms with E-state index in [-0.39, 0.29) is 17.9 Å². The van der Waals surface area contributed by atoms with Crippen LogP contribution in [-0.4, -0.2) is 64.3 Å². The van der Waals surface area contributed by atoms with E-state index in [1.807, 2.05) is 51.9 Å². The molecule has 1 aromatic carbocycles. The largest absolute Gasteiger partial charge is 0.342 e. The van der Waals surface area contributed by atoms with Gasteiger partial charge in [-0.05, 0) is 37.8 Å². The van der Waals surface area contributed by atoms with E-state index in [0.717, 1.165) is 38.0 Å². The quantitative estimate of drug-likeness (QED) is 0.791. The first-order valence-corrected chi connectivity index (χ1v) is 10.7. The van der Waals surface area contributed by atoms with Crippen LogP contribution in [0.5, 0.6) is 0 Å². The number of anilines is 1. The van der Waals surface area contributed by atoms with Crippen molar-refractivity contribution in [3.8, 4) is 0 Å². The third kappa shape index (κ3) is 4.71. The number of piperidine rings is 1. The summed E-state index contributed by atoms with van der Waals surface area (Å²) in [6.45, 7) is 5.66. The molecule has 0 atom stereocenters. The first-order valence-electron chi connectivity index (χ1n) is 10.7. The maximum absolute atomic E-state index is 12.7. The Balaban J connectivity index is 1.31. The van der Waals surface area contributed by atoms with Gasteiger partial charge in [-0.2, -0.15) is 10.2 Å². The number of amides is 2. The van der Waals surface area contributed by atoms with Gasteiger partial charge in [-0.3, -0.25) is 14.4 Å². The average molecular weight is 412 g/mol. The molecule has 0 saturated carbocycles. The molecule has 2 fully saturated rings. The number of carbonyl (C=O) groups excluding carboxylic acids is 2. The Morgan fingerprint density at radius 3 is 2.70 bits per heavy atom. The van der Waals surface area contributed by atoms with Crippen LogP contribution < -0.4 is 5.32 Å². The van der Waals surface area contributed by atoms with Gasteiger partial charge in [0.25, 0.3) is 5.91 Å². The Bertz CT molecular complexity index is 882. The van der Waals surface area contributed by atoms with Crippen molar-refractivity contribution in [2.75, 3.05) is 38.1 Å². The minimum absolute atomic E-state index is 0.133.